The summed E-state index contributed by atoms with van der Waals surface area (Å²) < 4.78 is 28.5. The normalized spacial score (nSPS) is 25.0. The zero-order chi connectivity index (χ0) is 26.2. The Labute approximate surface area is 217 Å². The second kappa shape index (κ2) is 9.98. The molecule has 0 aromatic carbocycles. The number of piperidine rings is 1. The molecule has 2 N–H and O–H groups in total. The third kappa shape index (κ3) is 5.45. The summed E-state index contributed by atoms with van der Waals surface area (Å²) in [5.41, 5.74) is 2.13. The molecule has 0 radical (unpaired) electrons. The zero-order valence-electron chi connectivity index (χ0n) is 22.2. The van der Waals surface area contributed by atoms with E-state index in [9.17, 15) is 0 Å². The number of rotatable bonds is 6. The van der Waals surface area contributed by atoms with Crippen LogP contribution < -0.4 is 15.4 Å². The molecule has 2 aliphatic heterocycles. The lowest BCUT2D eigenvalue weighted by Gasteiger charge is -2.48. The Kier molecular flexibility index (Phi) is 6.89. The fourth-order valence-corrected chi connectivity index (χ4v) is 5.53. The van der Waals surface area contributed by atoms with Crippen molar-refractivity contribution < 1.29 is 13.9 Å². The van der Waals surface area contributed by atoms with Gasteiger partial charge in [-0.3, -0.25) is 0 Å². The van der Waals surface area contributed by atoms with Crippen molar-refractivity contribution in [2.75, 3.05) is 19.0 Å². The molecule has 0 amide bonds. The van der Waals surface area contributed by atoms with Crippen LogP contribution in [-0.2, 0) is 4.74 Å². The number of alkyl halides is 1. The summed E-state index contributed by atoms with van der Waals surface area (Å²) in [7, 11) is 1.61. The Morgan fingerprint density at radius 1 is 1.14 bits per heavy atom. The second-order valence-electron chi connectivity index (χ2n) is 11.2. The van der Waals surface area contributed by atoms with Gasteiger partial charge in [0.05, 0.1) is 19.3 Å². The molecule has 37 heavy (non-hydrogen) atoms. The summed E-state index contributed by atoms with van der Waals surface area (Å²) in [6.07, 6.45) is 8.30. The Morgan fingerprint density at radius 2 is 1.97 bits per heavy atom. The van der Waals surface area contributed by atoms with Crippen molar-refractivity contribution in [2.45, 2.75) is 82.9 Å². The molecule has 3 aromatic heterocycles. The van der Waals surface area contributed by atoms with E-state index in [1.54, 1.807) is 19.4 Å². The summed E-state index contributed by atoms with van der Waals surface area (Å²) in [6, 6.07) is 5.17. The maximum Gasteiger partial charge on any atom is 0.150 e. The van der Waals surface area contributed by atoms with Crippen LogP contribution in [-0.4, -0.2) is 62.0 Å². The molecule has 0 bridgehead atoms. The van der Waals surface area contributed by atoms with Crippen LogP contribution in [0.15, 0.2) is 36.8 Å². The molecular weight excluding hydrogens is 473 g/mol. The third-order valence-electron chi connectivity index (χ3n) is 7.13. The van der Waals surface area contributed by atoms with Gasteiger partial charge in [-0.1, -0.05) is 0 Å². The highest BCUT2D eigenvalue weighted by Gasteiger charge is 2.46. The van der Waals surface area contributed by atoms with Crippen molar-refractivity contribution >= 4 is 5.82 Å². The number of pyridine rings is 1. The van der Waals surface area contributed by atoms with Gasteiger partial charge in [-0.15, -0.1) is 10.2 Å². The van der Waals surface area contributed by atoms with Crippen molar-refractivity contribution in [1.29, 1.82) is 0 Å². The minimum atomic E-state index is -1.08. The molecule has 3 aromatic rings. The van der Waals surface area contributed by atoms with Crippen molar-refractivity contribution in [3.05, 3.63) is 36.8 Å². The molecule has 10 heteroatoms. The molecule has 2 saturated heterocycles. The first kappa shape index (κ1) is 25.5. The van der Waals surface area contributed by atoms with Crippen LogP contribution in [0.5, 0.6) is 5.75 Å². The highest BCUT2D eigenvalue weighted by atomic mass is 19.1. The van der Waals surface area contributed by atoms with Crippen LogP contribution in [0.25, 0.3) is 22.5 Å². The standard InChI is InChI=1S/C27H36FN7O2/c1-26(2)13-20(25(28)27(3,4)34-26)31-22-10-9-19(32-33-22)24-21(36-5)12-17(14-29-24)18-15-30-35(16-18)23-8-6-7-11-37-23/h9-10,12,14-16,20,23,25,34H,6-8,11,13H2,1-5H3,(H,31,33). The maximum absolute atomic E-state index is 15.2. The van der Waals surface area contributed by atoms with Gasteiger partial charge in [-0.05, 0) is 71.6 Å². The van der Waals surface area contributed by atoms with Crippen LogP contribution in [0.2, 0.25) is 0 Å². The Hall–Kier alpha value is -3.11. The molecule has 0 aliphatic carbocycles. The van der Waals surface area contributed by atoms with E-state index < -0.39 is 11.7 Å². The number of methoxy groups -OCH3 is 1. The zero-order valence-corrected chi connectivity index (χ0v) is 22.2. The number of aromatic nitrogens is 5. The minimum absolute atomic E-state index is 0.0197. The predicted octanol–water partition coefficient (Wildman–Crippen LogP) is 4.78. The van der Waals surface area contributed by atoms with E-state index in [1.807, 2.05) is 43.1 Å². The Bertz CT molecular complexity index is 1220. The van der Waals surface area contributed by atoms with Crippen LogP contribution in [0, 0.1) is 0 Å². The maximum atomic E-state index is 15.2. The van der Waals surface area contributed by atoms with Gasteiger partial charge >= 0.3 is 0 Å². The summed E-state index contributed by atoms with van der Waals surface area (Å²) in [5, 5.41) is 19.8. The fraction of sp³-hybridized carbons (Fsp3) is 0.556. The number of halogens is 1. The largest absolute Gasteiger partial charge is 0.494 e. The van der Waals surface area contributed by atoms with Crippen molar-refractivity contribution in [3.8, 4) is 28.3 Å². The first-order chi connectivity index (χ1) is 17.6. The van der Waals surface area contributed by atoms with Gasteiger partial charge in [0.2, 0.25) is 0 Å². The molecule has 5 heterocycles. The van der Waals surface area contributed by atoms with Gasteiger partial charge in [-0.2, -0.15) is 5.10 Å². The Morgan fingerprint density at radius 3 is 2.68 bits per heavy atom. The number of nitrogens with zero attached hydrogens (tertiary/aromatic N) is 5. The van der Waals surface area contributed by atoms with Gasteiger partial charge in [0.15, 0.2) is 0 Å². The summed E-state index contributed by atoms with van der Waals surface area (Å²) in [6.45, 7) is 8.71. The van der Waals surface area contributed by atoms with E-state index in [0.29, 0.717) is 29.4 Å². The molecule has 3 unspecified atom stereocenters. The summed E-state index contributed by atoms with van der Waals surface area (Å²) in [4.78, 5) is 4.63. The van der Waals surface area contributed by atoms with E-state index in [2.05, 4.69) is 44.8 Å². The number of anilines is 1. The lowest BCUT2D eigenvalue weighted by Crippen LogP contribution is -2.67. The fourth-order valence-electron chi connectivity index (χ4n) is 5.53. The second-order valence-corrected chi connectivity index (χ2v) is 11.2. The average Bonchev–Trinajstić information content (AvgIpc) is 3.37. The van der Waals surface area contributed by atoms with Crippen molar-refractivity contribution in [2.24, 2.45) is 0 Å². The minimum Gasteiger partial charge on any atom is -0.494 e. The molecule has 0 spiro atoms. The van der Waals surface area contributed by atoms with Crippen LogP contribution in [0.1, 0.15) is 59.6 Å². The number of hydrogen-bond acceptors (Lipinski definition) is 8. The Balaban J connectivity index is 1.32. The molecule has 0 saturated carbocycles. The molecular formula is C27H36FN7O2. The number of nitrogens with one attached hydrogen (secondary N) is 2. The molecule has 9 nitrogen and oxygen atoms in total. The summed E-state index contributed by atoms with van der Waals surface area (Å²) in [5.74, 6) is 1.11. The van der Waals surface area contributed by atoms with Crippen molar-refractivity contribution in [3.63, 3.8) is 0 Å². The van der Waals surface area contributed by atoms with Gasteiger partial charge in [0, 0.05) is 41.2 Å². The van der Waals surface area contributed by atoms with E-state index in [-0.39, 0.29) is 17.8 Å². The molecule has 3 atom stereocenters. The van der Waals surface area contributed by atoms with Gasteiger partial charge < -0.3 is 20.1 Å². The summed E-state index contributed by atoms with van der Waals surface area (Å²) >= 11 is 0. The molecule has 198 valence electrons. The van der Waals surface area contributed by atoms with E-state index >= 15 is 4.39 Å². The van der Waals surface area contributed by atoms with Crippen molar-refractivity contribution in [1.82, 2.24) is 30.3 Å². The molecule has 2 aliphatic rings. The first-order valence-electron chi connectivity index (χ1n) is 12.9. The first-order valence-corrected chi connectivity index (χ1v) is 12.9. The lowest BCUT2D eigenvalue weighted by molar-refractivity contribution is -0.0394. The molecule has 5 rings (SSSR count). The quantitative estimate of drug-likeness (QED) is 0.490. The molecule has 2 fully saturated rings. The highest BCUT2D eigenvalue weighted by molar-refractivity contribution is 5.70. The van der Waals surface area contributed by atoms with Crippen LogP contribution in [0.3, 0.4) is 0 Å². The number of hydrogen-bond donors (Lipinski definition) is 2. The van der Waals surface area contributed by atoms with Crippen LogP contribution in [0.4, 0.5) is 10.2 Å². The number of ether oxygens (including phenoxy) is 2. The topological polar surface area (TPSA) is 99.0 Å². The van der Waals surface area contributed by atoms with Gasteiger partial charge in [0.25, 0.3) is 0 Å². The van der Waals surface area contributed by atoms with Crippen LogP contribution >= 0.6 is 0 Å². The monoisotopic (exact) mass is 509 g/mol. The van der Waals surface area contributed by atoms with E-state index in [4.69, 9.17) is 9.47 Å². The average molecular weight is 510 g/mol. The predicted molar refractivity (Wildman–Crippen MR) is 140 cm³/mol. The van der Waals surface area contributed by atoms with Gasteiger partial charge in [-0.25, -0.2) is 14.1 Å². The van der Waals surface area contributed by atoms with Gasteiger partial charge in [0.1, 0.15) is 35.4 Å². The smallest absolute Gasteiger partial charge is 0.150 e. The van der Waals surface area contributed by atoms with E-state index in [0.717, 1.165) is 37.0 Å². The van der Waals surface area contributed by atoms with E-state index in [1.165, 1.54) is 0 Å². The highest BCUT2D eigenvalue weighted by Crippen LogP contribution is 2.34. The SMILES string of the molecule is COc1cc(-c2cnn(C3CCCCO3)c2)cnc1-c1ccc(NC2CC(C)(C)NC(C)(C)C2F)nn1. The lowest BCUT2D eigenvalue weighted by atomic mass is 9.78. The third-order valence-corrected chi connectivity index (χ3v) is 7.13.